The highest BCUT2D eigenvalue weighted by molar-refractivity contribution is 7.19. The summed E-state index contributed by atoms with van der Waals surface area (Å²) < 4.78 is 7.27. The summed E-state index contributed by atoms with van der Waals surface area (Å²) in [6.07, 6.45) is 2.84. The van der Waals surface area contributed by atoms with Crippen molar-refractivity contribution in [2.45, 2.75) is 53.4 Å². The molecule has 3 heterocycles. The van der Waals surface area contributed by atoms with Crippen molar-refractivity contribution < 1.29 is 4.42 Å². The fourth-order valence-electron chi connectivity index (χ4n) is 5.52. The van der Waals surface area contributed by atoms with Crippen LogP contribution < -0.4 is 0 Å². The van der Waals surface area contributed by atoms with Gasteiger partial charge in [-0.05, 0) is 82.5 Å². The van der Waals surface area contributed by atoms with Gasteiger partial charge in [0.1, 0.15) is 5.58 Å². The Bertz CT molecular complexity index is 1780. The van der Waals surface area contributed by atoms with Gasteiger partial charge in [-0.25, -0.2) is 4.98 Å². The first kappa shape index (κ1) is 23.9. The molecule has 6 aromatic rings. The number of pyridine rings is 1. The average molecular weight is 504 g/mol. The molecular formula is C34H33NOS. The Morgan fingerprint density at radius 1 is 0.892 bits per heavy atom. The molecule has 186 valence electrons. The molecule has 37 heavy (non-hydrogen) atoms. The topological polar surface area (TPSA) is 26.0 Å². The minimum atomic E-state index is 0.0245. The lowest BCUT2D eigenvalue weighted by Crippen LogP contribution is -2.12. The van der Waals surface area contributed by atoms with E-state index in [9.17, 15) is 0 Å². The van der Waals surface area contributed by atoms with Gasteiger partial charge in [0, 0.05) is 21.4 Å². The number of furan rings is 1. The molecule has 0 saturated heterocycles. The maximum atomic E-state index is 6.03. The van der Waals surface area contributed by atoms with Gasteiger partial charge in [0.25, 0.3) is 0 Å². The van der Waals surface area contributed by atoms with Crippen LogP contribution in [0.2, 0.25) is 0 Å². The largest absolute Gasteiger partial charge is 0.464 e. The molecule has 0 N–H and O–H groups in total. The highest BCUT2D eigenvalue weighted by atomic mass is 32.1. The van der Waals surface area contributed by atoms with Crippen molar-refractivity contribution in [3.05, 3.63) is 89.0 Å². The fraction of sp³-hybridized carbons (Fsp3) is 0.265. The molecule has 0 bridgehead atoms. The van der Waals surface area contributed by atoms with Crippen LogP contribution in [-0.2, 0) is 11.8 Å². The maximum absolute atomic E-state index is 6.03. The van der Waals surface area contributed by atoms with Crippen molar-refractivity contribution in [1.29, 1.82) is 0 Å². The molecule has 0 aliphatic heterocycles. The van der Waals surface area contributed by atoms with Gasteiger partial charge in [-0.1, -0.05) is 71.0 Å². The van der Waals surface area contributed by atoms with Crippen LogP contribution in [0.3, 0.4) is 0 Å². The number of hydrogen-bond acceptors (Lipinski definition) is 3. The lowest BCUT2D eigenvalue weighted by atomic mass is 9.82. The Morgan fingerprint density at radius 3 is 2.49 bits per heavy atom. The summed E-state index contributed by atoms with van der Waals surface area (Å²) in [4.78, 5) is 6.47. The van der Waals surface area contributed by atoms with Gasteiger partial charge in [-0.15, -0.1) is 11.3 Å². The summed E-state index contributed by atoms with van der Waals surface area (Å²) in [6.45, 7) is 13.5. The van der Waals surface area contributed by atoms with Gasteiger partial charge in [0.2, 0.25) is 0 Å². The number of fused-ring (bicyclic) bond motifs is 3. The van der Waals surface area contributed by atoms with E-state index in [2.05, 4.69) is 108 Å². The number of thiophene rings is 1. The minimum absolute atomic E-state index is 0.0245. The van der Waals surface area contributed by atoms with Gasteiger partial charge in [0.05, 0.1) is 22.2 Å². The minimum Gasteiger partial charge on any atom is -0.464 e. The van der Waals surface area contributed by atoms with Gasteiger partial charge in [-0.2, -0.15) is 0 Å². The van der Waals surface area contributed by atoms with Gasteiger partial charge in [-0.3, -0.25) is 0 Å². The van der Waals surface area contributed by atoms with E-state index in [0.717, 1.165) is 28.8 Å². The SMILES string of the molecule is Cc1cc2nc(-c3cc(C(C)(C)C)c4ccccc4c3)cc(-c3ccc(CC(C)C)c4occc34)c2s1. The quantitative estimate of drug-likeness (QED) is 0.239. The molecule has 3 aromatic heterocycles. The third kappa shape index (κ3) is 4.26. The van der Waals surface area contributed by atoms with Crippen LogP contribution >= 0.6 is 11.3 Å². The van der Waals surface area contributed by atoms with Crippen molar-refractivity contribution in [3.63, 3.8) is 0 Å². The third-order valence-electron chi connectivity index (χ3n) is 7.18. The molecule has 3 heteroatoms. The van der Waals surface area contributed by atoms with E-state index >= 15 is 0 Å². The first-order valence-corrected chi connectivity index (χ1v) is 13.9. The molecule has 0 unspecified atom stereocenters. The second kappa shape index (κ2) is 8.85. The summed E-state index contributed by atoms with van der Waals surface area (Å²) in [5.41, 5.74) is 9.33. The molecule has 0 atom stereocenters. The second-order valence-electron chi connectivity index (χ2n) is 11.7. The number of hydrogen-bond donors (Lipinski definition) is 0. The predicted molar refractivity (Wildman–Crippen MR) is 160 cm³/mol. The van der Waals surface area contributed by atoms with Gasteiger partial charge < -0.3 is 4.42 Å². The van der Waals surface area contributed by atoms with Crippen molar-refractivity contribution >= 4 is 43.3 Å². The van der Waals surface area contributed by atoms with E-state index in [1.165, 1.54) is 48.0 Å². The maximum Gasteiger partial charge on any atom is 0.137 e. The Labute approximate surface area is 223 Å². The fourth-order valence-corrected chi connectivity index (χ4v) is 6.50. The Morgan fingerprint density at radius 2 is 1.70 bits per heavy atom. The molecule has 0 aliphatic rings. The molecule has 3 aromatic carbocycles. The molecule has 6 rings (SSSR count). The van der Waals surface area contributed by atoms with Gasteiger partial charge >= 0.3 is 0 Å². The number of benzene rings is 3. The van der Waals surface area contributed by atoms with Crippen molar-refractivity contribution in [3.8, 4) is 22.4 Å². The number of aryl methyl sites for hydroxylation is 1. The van der Waals surface area contributed by atoms with E-state index < -0.39 is 0 Å². The first-order valence-electron chi connectivity index (χ1n) is 13.1. The molecule has 0 radical (unpaired) electrons. The second-order valence-corrected chi connectivity index (χ2v) is 12.9. The summed E-state index contributed by atoms with van der Waals surface area (Å²) in [5, 5.41) is 3.74. The van der Waals surface area contributed by atoms with Crippen LogP contribution in [-0.4, -0.2) is 4.98 Å². The van der Waals surface area contributed by atoms with Crippen LogP contribution in [0.25, 0.3) is 54.3 Å². The summed E-state index contributed by atoms with van der Waals surface area (Å²) in [7, 11) is 0. The smallest absolute Gasteiger partial charge is 0.137 e. The third-order valence-corrected chi connectivity index (χ3v) is 8.26. The molecule has 0 fully saturated rings. The van der Waals surface area contributed by atoms with E-state index in [1.54, 1.807) is 0 Å². The van der Waals surface area contributed by atoms with Crippen LogP contribution in [0, 0.1) is 12.8 Å². The lowest BCUT2D eigenvalue weighted by Gasteiger charge is -2.23. The normalized spacial score (nSPS) is 12.4. The van der Waals surface area contributed by atoms with E-state index in [1.807, 2.05) is 17.6 Å². The molecule has 0 aliphatic carbocycles. The zero-order valence-corrected chi connectivity index (χ0v) is 23.3. The van der Waals surface area contributed by atoms with Crippen LogP contribution in [0.15, 0.2) is 77.4 Å². The van der Waals surface area contributed by atoms with Crippen molar-refractivity contribution in [1.82, 2.24) is 4.98 Å². The Hall–Kier alpha value is -3.43. The first-order chi connectivity index (χ1) is 17.7. The number of nitrogens with zero attached hydrogens (tertiary/aromatic N) is 1. The van der Waals surface area contributed by atoms with E-state index in [0.29, 0.717) is 5.92 Å². The standard InChI is InChI=1S/C34H33NOS/c1-20(2)15-23-11-12-26(27-13-14-36-32(23)27)28-19-30(35-31-16-21(3)37-33(28)31)24-17-22-9-7-8-10-25(22)29(18-24)34(4,5)6/h7-14,16-20H,15H2,1-6H3. The summed E-state index contributed by atoms with van der Waals surface area (Å²) in [5.74, 6) is 0.572. The number of aromatic nitrogens is 1. The Balaban J connectivity index is 1.62. The monoisotopic (exact) mass is 503 g/mol. The van der Waals surface area contributed by atoms with E-state index in [4.69, 9.17) is 9.40 Å². The molecular weight excluding hydrogens is 470 g/mol. The van der Waals surface area contributed by atoms with Gasteiger partial charge in [0.15, 0.2) is 0 Å². The summed E-state index contributed by atoms with van der Waals surface area (Å²) in [6, 6.07) is 24.5. The molecule has 0 amide bonds. The lowest BCUT2D eigenvalue weighted by molar-refractivity contribution is 0.595. The molecule has 2 nitrogen and oxygen atoms in total. The zero-order valence-electron chi connectivity index (χ0n) is 22.5. The van der Waals surface area contributed by atoms with Crippen LogP contribution in [0.4, 0.5) is 0 Å². The van der Waals surface area contributed by atoms with Crippen LogP contribution in [0.1, 0.15) is 50.6 Å². The van der Waals surface area contributed by atoms with E-state index in [-0.39, 0.29) is 5.41 Å². The molecule has 0 spiro atoms. The Kier molecular flexibility index (Phi) is 5.72. The highest BCUT2D eigenvalue weighted by Crippen LogP contribution is 2.42. The average Bonchev–Trinajstić information content (AvgIpc) is 3.48. The predicted octanol–water partition coefficient (Wildman–Crippen LogP) is 10.3. The summed E-state index contributed by atoms with van der Waals surface area (Å²) >= 11 is 1.82. The zero-order chi connectivity index (χ0) is 25.9. The highest BCUT2D eigenvalue weighted by Gasteiger charge is 2.21. The molecule has 0 saturated carbocycles. The van der Waals surface area contributed by atoms with Crippen molar-refractivity contribution in [2.75, 3.05) is 0 Å². The van der Waals surface area contributed by atoms with Crippen LogP contribution in [0.5, 0.6) is 0 Å². The number of rotatable bonds is 4. The van der Waals surface area contributed by atoms with Crippen molar-refractivity contribution in [2.24, 2.45) is 5.92 Å².